The van der Waals surface area contributed by atoms with Crippen LogP contribution in [0.5, 0.6) is 0 Å². The fourth-order valence-corrected chi connectivity index (χ4v) is 5.09. The van der Waals surface area contributed by atoms with Crippen molar-refractivity contribution in [3.63, 3.8) is 0 Å². The topological polar surface area (TPSA) is 90.9 Å². The fraction of sp³-hybridized carbons (Fsp3) is 0.400. The number of anilines is 3. The summed E-state index contributed by atoms with van der Waals surface area (Å²) in [6.45, 7) is 4.44. The van der Waals surface area contributed by atoms with Gasteiger partial charge in [0.25, 0.3) is 0 Å². The lowest BCUT2D eigenvalue weighted by atomic mass is 10.2. The van der Waals surface area contributed by atoms with E-state index in [1.807, 2.05) is 50.5 Å². The molecule has 1 saturated heterocycles. The molecule has 1 aliphatic heterocycles. The number of thioether (sulfide) groups is 1. The van der Waals surface area contributed by atoms with Crippen LogP contribution in [0.2, 0.25) is 5.02 Å². The SMILES string of the molecule is CN(C)Cc1ccc(CSCCNc2nc(N3CCN(c4ccccc4Cl)CC3)ccc2[N+](=O)[O-])o1. The quantitative estimate of drug-likeness (QED) is 0.209. The van der Waals surface area contributed by atoms with Gasteiger partial charge in [0.2, 0.25) is 5.82 Å². The van der Waals surface area contributed by atoms with E-state index in [4.69, 9.17) is 16.0 Å². The maximum atomic E-state index is 11.6. The highest BCUT2D eigenvalue weighted by molar-refractivity contribution is 7.98. The summed E-state index contributed by atoms with van der Waals surface area (Å²) >= 11 is 8.06. The minimum atomic E-state index is -0.392. The molecule has 0 aliphatic carbocycles. The Morgan fingerprint density at radius 1 is 1.08 bits per heavy atom. The zero-order valence-electron chi connectivity index (χ0n) is 20.5. The Labute approximate surface area is 220 Å². The molecule has 192 valence electrons. The Bertz CT molecular complexity index is 1170. The highest BCUT2D eigenvalue weighted by Gasteiger charge is 2.22. The molecule has 0 spiro atoms. The predicted molar refractivity (Wildman–Crippen MR) is 148 cm³/mol. The first-order valence-corrected chi connectivity index (χ1v) is 13.4. The standard InChI is InChI=1S/C25H31ClN6O3S/c1-29(2)17-19-7-8-20(35-19)18-36-16-11-27-25-23(32(33)34)9-10-24(28-25)31-14-12-30(13-15-31)22-6-4-3-5-21(22)26/h3-10H,11-18H2,1-2H3,(H,27,28). The molecule has 3 heterocycles. The number of rotatable bonds is 11. The van der Waals surface area contributed by atoms with E-state index < -0.39 is 4.92 Å². The smallest absolute Gasteiger partial charge is 0.311 e. The van der Waals surface area contributed by atoms with Crippen molar-refractivity contribution in [3.8, 4) is 0 Å². The van der Waals surface area contributed by atoms with Crippen LogP contribution in [0.1, 0.15) is 11.5 Å². The van der Waals surface area contributed by atoms with Crippen molar-refractivity contribution in [2.75, 3.05) is 67.7 Å². The second-order valence-electron chi connectivity index (χ2n) is 8.80. The molecule has 1 aromatic carbocycles. The molecule has 1 fully saturated rings. The number of hydrogen-bond acceptors (Lipinski definition) is 9. The summed E-state index contributed by atoms with van der Waals surface area (Å²) < 4.78 is 5.83. The molecular weight excluding hydrogens is 500 g/mol. The van der Waals surface area contributed by atoms with Gasteiger partial charge in [-0.3, -0.25) is 10.1 Å². The molecule has 9 nitrogen and oxygen atoms in total. The lowest BCUT2D eigenvalue weighted by Crippen LogP contribution is -2.47. The number of nitro groups is 1. The number of benzene rings is 1. The number of furan rings is 1. The number of aromatic nitrogens is 1. The van der Waals surface area contributed by atoms with Crippen LogP contribution in [-0.4, -0.2) is 67.4 Å². The predicted octanol–water partition coefficient (Wildman–Crippen LogP) is 4.97. The van der Waals surface area contributed by atoms with Gasteiger partial charge in [-0.05, 0) is 44.4 Å². The summed E-state index contributed by atoms with van der Waals surface area (Å²) in [5.41, 5.74) is 1.01. The molecule has 0 bridgehead atoms. The minimum absolute atomic E-state index is 0.0159. The monoisotopic (exact) mass is 530 g/mol. The molecule has 4 rings (SSSR count). The van der Waals surface area contributed by atoms with Crippen molar-refractivity contribution in [1.82, 2.24) is 9.88 Å². The second kappa shape index (κ2) is 12.3. The third-order valence-corrected chi connectivity index (χ3v) is 7.13. The van der Waals surface area contributed by atoms with Gasteiger partial charge in [-0.1, -0.05) is 23.7 Å². The van der Waals surface area contributed by atoms with Crippen molar-refractivity contribution in [3.05, 3.63) is 75.2 Å². The van der Waals surface area contributed by atoms with Gasteiger partial charge in [0.05, 0.1) is 27.9 Å². The number of hydrogen-bond donors (Lipinski definition) is 1. The zero-order chi connectivity index (χ0) is 25.5. The van der Waals surface area contributed by atoms with Gasteiger partial charge in [-0.15, -0.1) is 0 Å². The molecule has 0 radical (unpaired) electrons. The molecule has 1 N–H and O–H groups in total. The lowest BCUT2D eigenvalue weighted by molar-refractivity contribution is -0.384. The molecule has 1 aliphatic rings. The molecule has 2 aromatic heterocycles. The first-order chi connectivity index (χ1) is 17.4. The van der Waals surface area contributed by atoms with E-state index in [9.17, 15) is 10.1 Å². The van der Waals surface area contributed by atoms with Gasteiger partial charge in [0.15, 0.2) is 0 Å². The average Bonchev–Trinajstić information content (AvgIpc) is 3.30. The van der Waals surface area contributed by atoms with Crippen LogP contribution < -0.4 is 15.1 Å². The van der Waals surface area contributed by atoms with Crippen LogP contribution in [0.3, 0.4) is 0 Å². The maximum Gasteiger partial charge on any atom is 0.311 e. The Hall–Kier alpha value is -2.95. The Morgan fingerprint density at radius 3 is 2.53 bits per heavy atom. The van der Waals surface area contributed by atoms with Gasteiger partial charge < -0.3 is 24.4 Å². The van der Waals surface area contributed by atoms with Crippen molar-refractivity contribution in [2.24, 2.45) is 0 Å². The molecule has 36 heavy (non-hydrogen) atoms. The van der Waals surface area contributed by atoms with E-state index in [2.05, 4.69) is 25.0 Å². The summed E-state index contributed by atoms with van der Waals surface area (Å²) in [7, 11) is 4.01. The number of nitrogens with zero attached hydrogens (tertiary/aromatic N) is 5. The number of halogens is 1. The van der Waals surface area contributed by atoms with Gasteiger partial charge >= 0.3 is 5.69 Å². The van der Waals surface area contributed by atoms with Crippen molar-refractivity contribution in [2.45, 2.75) is 12.3 Å². The molecule has 3 aromatic rings. The van der Waals surface area contributed by atoms with Crippen molar-refractivity contribution < 1.29 is 9.34 Å². The largest absolute Gasteiger partial charge is 0.464 e. The number of pyridine rings is 1. The first-order valence-electron chi connectivity index (χ1n) is 11.8. The first kappa shape index (κ1) is 26.1. The Balaban J connectivity index is 1.30. The molecule has 11 heteroatoms. The minimum Gasteiger partial charge on any atom is -0.464 e. The van der Waals surface area contributed by atoms with Crippen LogP contribution in [0.15, 0.2) is 52.9 Å². The lowest BCUT2D eigenvalue weighted by Gasteiger charge is -2.37. The van der Waals surface area contributed by atoms with Gasteiger partial charge in [-0.2, -0.15) is 11.8 Å². The van der Waals surface area contributed by atoms with E-state index >= 15 is 0 Å². The fourth-order valence-electron chi connectivity index (χ4n) is 4.09. The third kappa shape index (κ3) is 6.83. The van der Waals surface area contributed by atoms with Gasteiger partial charge in [-0.25, -0.2) is 4.98 Å². The summed E-state index contributed by atoms with van der Waals surface area (Å²) in [5, 5.41) is 15.5. The van der Waals surface area contributed by atoms with E-state index in [0.717, 1.165) is 72.3 Å². The summed E-state index contributed by atoms with van der Waals surface area (Å²) in [4.78, 5) is 22.3. The van der Waals surface area contributed by atoms with Crippen LogP contribution in [0.25, 0.3) is 0 Å². The Kier molecular flexibility index (Phi) is 8.95. The van der Waals surface area contributed by atoms with Crippen LogP contribution >= 0.6 is 23.4 Å². The van der Waals surface area contributed by atoms with Crippen LogP contribution in [0.4, 0.5) is 23.0 Å². The number of nitrogens with one attached hydrogen (secondary N) is 1. The van der Waals surface area contributed by atoms with Gasteiger partial charge in [0.1, 0.15) is 17.3 Å². The highest BCUT2D eigenvalue weighted by Crippen LogP contribution is 2.29. The van der Waals surface area contributed by atoms with Gasteiger partial charge in [0, 0.05) is 44.5 Å². The second-order valence-corrected chi connectivity index (χ2v) is 10.3. The van der Waals surface area contributed by atoms with Crippen molar-refractivity contribution >= 4 is 46.4 Å². The van der Waals surface area contributed by atoms with Crippen LogP contribution in [0, 0.1) is 10.1 Å². The van der Waals surface area contributed by atoms with E-state index in [1.54, 1.807) is 17.8 Å². The summed E-state index contributed by atoms with van der Waals surface area (Å²) in [6, 6.07) is 15.1. The number of para-hydroxylation sites is 1. The zero-order valence-corrected chi connectivity index (χ0v) is 22.1. The van der Waals surface area contributed by atoms with E-state index in [1.165, 1.54) is 6.07 Å². The molecule has 0 unspecified atom stereocenters. The van der Waals surface area contributed by atoms with E-state index in [-0.39, 0.29) is 5.69 Å². The summed E-state index contributed by atoms with van der Waals surface area (Å²) in [6.07, 6.45) is 0. The third-order valence-electron chi connectivity index (χ3n) is 5.83. The summed E-state index contributed by atoms with van der Waals surface area (Å²) in [5.74, 6) is 4.43. The molecule has 0 atom stereocenters. The molecular formula is C25H31ClN6O3S. The number of piperazine rings is 1. The van der Waals surface area contributed by atoms with Crippen LogP contribution in [-0.2, 0) is 12.3 Å². The molecule has 0 amide bonds. The highest BCUT2D eigenvalue weighted by atomic mass is 35.5. The van der Waals surface area contributed by atoms with Crippen molar-refractivity contribution in [1.29, 1.82) is 0 Å². The maximum absolute atomic E-state index is 11.6. The molecule has 0 saturated carbocycles. The Morgan fingerprint density at radius 2 is 1.81 bits per heavy atom. The van der Waals surface area contributed by atoms with E-state index in [0.29, 0.717) is 12.4 Å². The average molecular weight is 531 g/mol. The normalized spacial score (nSPS) is 13.9.